The average Bonchev–Trinajstić information content (AvgIpc) is 3.35. The molecular weight excluding hydrogens is 326 g/mol. The van der Waals surface area contributed by atoms with Gasteiger partial charge in [-0.1, -0.05) is 18.2 Å². The van der Waals surface area contributed by atoms with Crippen LogP contribution in [0.3, 0.4) is 0 Å². The van der Waals surface area contributed by atoms with Crippen LogP contribution in [0.25, 0.3) is 11.1 Å². The maximum absolute atomic E-state index is 12.9. The van der Waals surface area contributed by atoms with Crippen molar-refractivity contribution < 1.29 is 4.79 Å². The molecule has 3 heterocycles. The molecule has 2 aromatic heterocycles. The van der Waals surface area contributed by atoms with E-state index in [-0.39, 0.29) is 12.1 Å². The number of imidazole rings is 1. The van der Waals surface area contributed by atoms with Crippen LogP contribution in [0.2, 0.25) is 0 Å². The molecule has 1 fully saturated rings. The van der Waals surface area contributed by atoms with Gasteiger partial charge in [0.25, 0.3) is 0 Å². The molecule has 0 bridgehead atoms. The van der Waals surface area contributed by atoms with Crippen molar-refractivity contribution >= 4 is 11.7 Å². The molecule has 0 aliphatic carbocycles. The minimum atomic E-state index is -0.0471. The number of nitrogens with one attached hydrogen (secondary N) is 1. The van der Waals surface area contributed by atoms with E-state index >= 15 is 0 Å². The zero-order valence-electron chi connectivity index (χ0n) is 14.5. The summed E-state index contributed by atoms with van der Waals surface area (Å²) in [7, 11) is 0. The lowest BCUT2D eigenvalue weighted by atomic mass is 10.1. The lowest BCUT2D eigenvalue weighted by molar-refractivity contribution is 0.201. The van der Waals surface area contributed by atoms with Crippen LogP contribution >= 0.6 is 0 Å². The first kappa shape index (κ1) is 16.3. The number of nitrogens with zero attached hydrogens (tertiary/aromatic N) is 4. The maximum Gasteiger partial charge on any atom is 0.322 e. The Bertz CT molecular complexity index is 863. The highest BCUT2D eigenvalue weighted by Gasteiger charge is 2.29. The smallest absolute Gasteiger partial charge is 0.322 e. The van der Waals surface area contributed by atoms with E-state index in [4.69, 9.17) is 0 Å². The van der Waals surface area contributed by atoms with Crippen LogP contribution in [0.4, 0.5) is 10.5 Å². The Balaban J connectivity index is 1.51. The molecule has 1 saturated heterocycles. The molecule has 132 valence electrons. The molecule has 0 radical (unpaired) electrons. The number of hydrogen-bond donors (Lipinski definition) is 1. The van der Waals surface area contributed by atoms with Gasteiger partial charge in [-0.15, -0.1) is 0 Å². The fourth-order valence-corrected chi connectivity index (χ4v) is 3.49. The Labute approximate surface area is 152 Å². The Morgan fingerprint density at radius 3 is 2.77 bits per heavy atom. The minimum absolute atomic E-state index is 0.0471. The molecule has 6 nitrogen and oxygen atoms in total. The summed E-state index contributed by atoms with van der Waals surface area (Å²) in [6.45, 7) is 1.56. The van der Waals surface area contributed by atoms with Crippen LogP contribution in [-0.2, 0) is 6.54 Å². The summed E-state index contributed by atoms with van der Waals surface area (Å²) in [4.78, 5) is 23.0. The van der Waals surface area contributed by atoms with Crippen molar-refractivity contribution in [3.05, 3.63) is 67.5 Å². The largest absolute Gasteiger partial charge is 0.335 e. The quantitative estimate of drug-likeness (QED) is 0.784. The van der Waals surface area contributed by atoms with E-state index in [1.165, 1.54) is 0 Å². The van der Waals surface area contributed by atoms with Crippen molar-refractivity contribution in [2.24, 2.45) is 0 Å². The number of carbonyl (C=O) groups excluding carboxylic acids is 1. The standard InChI is InChI=1S/C20H21N5O/c26-20(25-12-3-4-17(25)14-24-13-11-22-15-24)23-19-6-2-1-5-18(19)16-7-9-21-10-8-16/h1-2,5-11,13,15,17H,3-4,12,14H2,(H,23,26)/t17-/m1/s1. The average molecular weight is 347 g/mol. The highest BCUT2D eigenvalue weighted by atomic mass is 16.2. The molecule has 3 aromatic rings. The van der Waals surface area contributed by atoms with Crippen molar-refractivity contribution in [3.63, 3.8) is 0 Å². The van der Waals surface area contributed by atoms with Gasteiger partial charge in [0, 0.05) is 43.4 Å². The first-order chi connectivity index (χ1) is 12.8. The number of urea groups is 1. The maximum atomic E-state index is 12.9. The number of para-hydroxylation sites is 1. The summed E-state index contributed by atoms with van der Waals surface area (Å²) in [6, 6.07) is 11.9. The predicted octanol–water partition coefficient (Wildman–Crippen LogP) is 3.64. The van der Waals surface area contributed by atoms with Gasteiger partial charge in [0.05, 0.1) is 18.1 Å². The van der Waals surface area contributed by atoms with Gasteiger partial charge in [0.1, 0.15) is 0 Å². The summed E-state index contributed by atoms with van der Waals surface area (Å²) in [6.07, 6.45) is 11.1. The van der Waals surface area contributed by atoms with E-state index in [2.05, 4.69) is 15.3 Å². The number of amides is 2. The normalized spacial score (nSPS) is 16.6. The fourth-order valence-electron chi connectivity index (χ4n) is 3.49. The van der Waals surface area contributed by atoms with Gasteiger partial charge in [-0.05, 0) is 36.6 Å². The minimum Gasteiger partial charge on any atom is -0.335 e. The van der Waals surface area contributed by atoms with E-state index in [0.29, 0.717) is 0 Å². The zero-order valence-corrected chi connectivity index (χ0v) is 14.5. The van der Waals surface area contributed by atoms with Gasteiger partial charge in [0.15, 0.2) is 0 Å². The van der Waals surface area contributed by atoms with Gasteiger partial charge in [-0.2, -0.15) is 0 Å². The van der Waals surface area contributed by atoms with Crippen LogP contribution in [0.1, 0.15) is 12.8 Å². The fraction of sp³-hybridized carbons (Fsp3) is 0.250. The molecule has 1 N–H and O–H groups in total. The van der Waals surface area contributed by atoms with Gasteiger partial charge >= 0.3 is 6.03 Å². The summed E-state index contributed by atoms with van der Waals surface area (Å²) < 4.78 is 2.03. The van der Waals surface area contributed by atoms with Crippen molar-refractivity contribution in [1.82, 2.24) is 19.4 Å². The summed E-state index contributed by atoms with van der Waals surface area (Å²) in [5.74, 6) is 0. The van der Waals surface area contributed by atoms with E-state index in [1.807, 2.05) is 52.1 Å². The summed E-state index contributed by atoms with van der Waals surface area (Å²) in [5, 5.41) is 3.10. The molecule has 26 heavy (non-hydrogen) atoms. The molecule has 0 spiro atoms. The van der Waals surface area contributed by atoms with Crippen molar-refractivity contribution in [2.75, 3.05) is 11.9 Å². The highest BCUT2D eigenvalue weighted by molar-refractivity contribution is 5.94. The number of carbonyl (C=O) groups is 1. The van der Waals surface area contributed by atoms with E-state index in [0.717, 1.165) is 42.7 Å². The van der Waals surface area contributed by atoms with Crippen molar-refractivity contribution in [2.45, 2.75) is 25.4 Å². The van der Waals surface area contributed by atoms with E-state index in [9.17, 15) is 4.79 Å². The second-order valence-electron chi connectivity index (χ2n) is 6.46. The third kappa shape index (κ3) is 3.44. The van der Waals surface area contributed by atoms with Gasteiger partial charge in [-0.25, -0.2) is 9.78 Å². The van der Waals surface area contributed by atoms with Crippen LogP contribution in [0, 0.1) is 0 Å². The molecule has 0 saturated carbocycles. The number of aromatic nitrogens is 3. The Morgan fingerprint density at radius 2 is 1.96 bits per heavy atom. The molecule has 1 aromatic carbocycles. The number of hydrogen-bond acceptors (Lipinski definition) is 3. The van der Waals surface area contributed by atoms with Gasteiger partial charge in [0.2, 0.25) is 0 Å². The lowest BCUT2D eigenvalue weighted by Crippen LogP contribution is -2.40. The van der Waals surface area contributed by atoms with Crippen molar-refractivity contribution in [3.8, 4) is 11.1 Å². The second-order valence-corrected chi connectivity index (χ2v) is 6.46. The Morgan fingerprint density at radius 1 is 1.12 bits per heavy atom. The first-order valence-electron chi connectivity index (χ1n) is 8.84. The SMILES string of the molecule is O=C(Nc1ccccc1-c1ccncc1)N1CCC[C@@H]1Cn1ccnc1. The molecule has 6 heteroatoms. The van der Waals surface area contributed by atoms with Gasteiger partial charge in [-0.3, -0.25) is 4.98 Å². The molecular formula is C20H21N5O. The molecule has 4 rings (SSSR count). The monoisotopic (exact) mass is 347 g/mol. The van der Waals surface area contributed by atoms with E-state index < -0.39 is 0 Å². The molecule has 0 unspecified atom stereocenters. The number of benzene rings is 1. The van der Waals surface area contributed by atoms with Crippen molar-refractivity contribution in [1.29, 1.82) is 0 Å². The summed E-state index contributed by atoms with van der Waals surface area (Å²) in [5.41, 5.74) is 2.85. The number of pyridine rings is 1. The van der Waals surface area contributed by atoms with Crippen LogP contribution in [0.15, 0.2) is 67.5 Å². The van der Waals surface area contributed by atoms with Crippen LogP contribution in [-0.4, -0.2) is 38.1 Å². The van der Waals surface area contributed by atoms with Crippen LogP contribution in [0.5, 0.6) is 0 Å². The third-order valence-electron chi connectivity index (χ3n) is 4.78. The zero-order chi connectivity index (χ0) is 17.8. The van der Waals surface area contributed by atoms with Crippen LogP contribution < -0.4 is 5.32 Å². The number of rotatable bonds is 4. The number of anilines is 1. The van der Waals surface area contributed by atoms with E-state index in [1.54, 1.807) is 24.9 Å². The molecule has 1 aliphatic rings. The third-order valence-corrected chi connectivity index (χ3v) is 4.78. The highest BCUT2D eigenvalue weighted by Crippen LogP contribution is 2.28. The van der Waals surface area contributed by atoms with Gasteiger partial charge < -0.3 is 14.8 Å². The molecule has 1 atom stereocenters. The predicted molar refractivity (Wildman–Crippen MR) is 101 cm³/mol. The Kier molecular flexibility index (Phi) is 4.64. The first-order valence-corrected chi connectivity index (χ1v) is 8.84. The summed E-state index contributed by atoms with van der Waals surface area (Å²) >= 11 is 0. The molecule has 1 aliphatic heterocycles. The number of likely N-dealkylation sites (tertiary alicyclic amines) is 1. The lowest BCUT2D eigenvalue weighted by Gasteiger charge is -2.26. The Hall–Kier alpha value is -3.15. The second kappa shape index (κ2) is 7.39. The topological polar surface area (TPSA) is 63.1 Å². The molecule has 2 amide bonds.